The van der Waals surface area contributed by atoms with E-state index in [1.54, 1.807) is 0 Å². The fourth-order valence-corrected chi connectivity index (χ4v) is 2.05. The van der Waals surface area contributed by atoms with Gasteiger partial charge in [0.1, 0.15) is 11.4 Å². The molecule has 0 saturated carbocycles. The molecule has 1 aromatic heterocycles. The Balaban J connectivity index is 2.25. The molecule has 0 unspecified atom stereocenters. The summed E-state index contributed by atoms with van der Waals surface area (Å²) in [4.78, 5) is 13.6. The SMILES string of the molecule is CC1(C)Cc2cc3oc(=O)[nH]c3cc2O1. The molecular formula is C11H11NO3. The molecule has 4 heteroatoms. The Morgan fingerprint density at radius 3 is 3.00 bits per heavy atom. The summed E-state index contributed by atoms with van der Waals surface area (Å²) in [6, 6.07) is 3.70. The largest absolute Gasteiger partial charge is 0.487 e. The number of hydrogen-bond acceptors (Lipinski definition) is 3. The number of benzene rings is 1. The summed E-state index contributed by atoms with van der Waals surface area (Å²) in [5, 5.41) is 0. The Morgan fingerprint density at radius 2 is 2.20 bits per heavy atom. The van der Waals surface area contributed by atoms with Crippen LogP contribution in [0.2, 0.25) is 0 Å². The van der Waals surface area contributed by atoms with Crippen molar-refractivity contribution in [1.29, 1.82) is 0 Å². The fourth-order valence-electron chi connectivity index (χ4n) is 2.05. The monoisotopic (exact) mass is 205 g/mol. The highest BCUT2D eigenvalue weighted by molar-refractivity contribution is 5.76. The van der Waals surface area contributed by atoms with E-state index in [0.717, 1.165) is 17.7 Å². The van der Waals surface area contributed by atoms with Crippen LogP contribution in [0.15, 0.2) is 21.3 Å². The predicted molar refractivity (Wildman–Crippen MR) is 55.2 cm³/mol. The van der Waals surface area contributed by atoms with E-state index in [-0.39, 0.29) is 5.60 Å². The van der Waals surface area contributed by atoms with E-state index in [1.807, 2.05) is 26.0 Å². The van der Waals surface area contributed by atoms with Gasteiger partial charge in [-0.05, 0) is 19.9 Å². The zero-order valence-electron chi connectivity index (χ0n) is 8.59. The molecule has 1 aliphatic rings. The van der Waals surface area contributed by atoms with Gasteiger partial charge in [-0.15, -0.1) is 0 Å². The van der Waals surface area contributed by atoms with Crippen LogP contribution in [0.4, 0.5) is 0 Å². The third kappa shape index (κ3) is 1.25. The Hall–Kier alpha value is -1.71. The first kappa shape index (κ1) is 8.59. The highest BCUT2D eigenvalue weighted by Gasteiger charge is 2.30. The maximum Gasteiger partial charge on any atom is 0.417 e. The lowest BCUT2D eigenvalue weighted by Gasteiger charge is -2.16. The molecule has 2 heterocycles. The van der Waals surface area contributed by atoms with Gasteiger partial charge in [0.2, 0.25) is 0 Å². The van der Waals surface area contributed by atoms with Crippen molar-refractivity contribution in [1.82, 2.24) is 4.98 Å². The molecular weight excluding hydrogens is 194 g/mol. The fraction of sp³-hybridized carbons (Fsp3) is 0.364. The molecule has 0 spiro atoms. The van der Waals surface area contributed by atoms with Gasteiger partial charge < -0.3 is 9.15 Å². The molecule has 78 valence electrons. The van der Waals surface area contributed by atoms with Crippen LogP contribution in [0.5, 0.6) is 5.75 Å². The highest BCUT2D eigenvalue weighted by atomic mass is 16.5. The normalized spacial score (nSPS) is 17.7. The van der Waals surface area contributed by atoms with E-state index in [1.165, 1.54) is 0 Å². The van der Waals surface area contributed by atoms with Gasteiger partial charge in [-0.3, -0.25) is 4.98 Å². The van der Waals surface area contributed by atoms with Gasteiger partial charge >= 0.3 is 5.76 Å². The van der Waals surface area contributed by atoms with Crippen molar-refractivity contribution >= 4 is 11.1 Å². The van der Waals surface area contributed by atoms with E-state index < -0.39 is 5.76 Å². The quantitative estimate of drug-likeness (QED) is 0.713. The van der Waals surface area contributed by atoms with Crippen LogP contribution >= 0.6 is 0 Å². The first-order chi connectivity index (χ1) is 7.03. The maximum atomic E-state index is 11.0. The molecule has 1 N–H and O–H groups in total. The summed E-state index contributed by atoms with van der Waals surface area (Å²) >= 11 is 0. The Labute approximate surface area is 85.9 Å². The number of aromatic nitrogens is 1. The molecule has 1 aliphatic heterocycles. The number of rotatable bonds is 0. The van der Waals surface area contributed by atoms with Crippen molar-refractivity contribution in [3.63, 3.8) is 0 Å². The molecule has 3 rings (SSSR count). The van der Waals surface area contributed by atoms with Gasteiger partial charge in [0.25, 0.3) is 0 Å². The average Bonchev–Trinajstić information content (AvgIpc) is 2.55. The number of H-pyrrole nitrogens is 1. The molecule has 0 saturated heterocycles. The number of ether oxygens (including phenoxy) is 1. The van der Waals surface area contributed by atoms with Crippen LogP contribution in [0.25, 0.3) is 11.1 Å². The number of nitrogens with one attached hydrogen (secondary N) is 1. The standard InChI is InChI=1S/C11H11NO3/c1-11(2)5-6-3-9-7(4-8(6)15-11)12-10(13)14-9/h3-4H,5H2,1-2H3,(H,12,13). The van der Waals surface area contributed by atoms with Crippen molar-refractivity contribution in [3.05, 3.63) is 28.2 Å². The predicted octanol–water partition coefficient (Wildman–Crippen LogP) is 1.83. The zero-order valence-corrected chi connectivity index (χ0v) is 8.59. The zero-order chi connectivity index (χ0) is 10.6. The second-order valence-corrected chi connectivity index (χ2v) is 4.51. The van der Waals surface area contributed by atoms with Crippen molar-refractivity contribution in [2.24, 2.45) is 0 Å². The van der Waals surface area contributed by atoms with E-state index >= 15 is 0 Å². The topological polar surface area (TPSA) is 55.2 Å². The number of oxazole rings is 1. The summed E-state index contributed by atoms with van der Waals surface area (Å²) < 4.78 is 10.7. The van der Waals surface area contributed by atoms with Gasteiger partial charge in [-0.1, -0.05) is 0 Å². The molecule has 15 heavy (non-hydrogen) atoms. The van der Waals surface area contributed by atoms with E-state index in [2.05, 4.69) is 4.98 Å². The molecule has 0 aliphatic carbocycles. The van der Waals surface area contributed by atoms with E-state index in [4.69, 9.17) is 9.15 Å². The van der Waals surface area contributed by atoms with Gasteiger partial charge in [0.15, 0.2) is 5.58 Å². The molecule has 1 aromatic carbocycles. The molecule has 2 aromatic rings. The lowest BCUT2D eigenvalue weighted by atomic mass is 10.0. The molecule has 0 atom stereocenters. The number of aromatic amines is 1. The van der Waals surface area contributed by atoms with Gasteiger partial charge in [-0.2, -0.15) is 0 Å². The van der Waals surface area contributed by atoms with Crippen LogP contribution < -0.4 is 10.5 Å². The first-order valence-electron chi connectivity index (χ1n) is 4.88. The summed E-state index contributed by atoms with van der Waals surface area (Å²) in [5.74, 6) is 0.414. The van der Waals surface area contributed by atoms with Gasteiger partial charge in [0.05, 0.1) is 5.52 Å². The Kier molecular flexibility index (Phi) is 1.40. The molecule has 0 fully saturated rings. The summed E-state index contributed by atoms with van der Waals surface area (Å²) in [5.41, 5.74) is 2.22. The lowest BCUT2D eigenvalue weighted by Crippen LogP contribution is -2.24. The molecule has 0 amide bonds. The summed E-state index contributed by atoms with van der Waals surface area (Å²) in [6.07, 6.45) is 0.840. The smallest absolute Gasteiger partial charge is 0.417 e. The van der Waals surface area contributed by atoms with E-state index in [0.29, 0.717) is 11.1 Å². The molecule has 4 nitrogen and oxygen atoms in total. The average molecular weight is 205 g/mol. The van der Waals surface area contributed by atoms with E-state index in [9.17, 15) is 4.79 Å². The minimum absolute atomic E-state index is 0.165. The van der Waals surface area contributed by atoms with Crippen LogP contribution in [0, 0.1) is 0 Å². The summed E-state index contributed by atoms with van der Waals surface area (Å²) in [7, 11) is 0. The maximum absolute atomic E-state index is 11.0. The first-order valence-corrected chi connectivity index (χ1v) is 4.88. The second kappa shape index (κ2) is 2.45. The number of fused-ring (bicyclic) bond motifs is 2. The van der Waals surface area contributed by atoms with Gasteiger partial charge in [0, 0.05) is 18.1 Å². The molecule has 0 radical (unpaired) electrons. The van der Waals surface area contributed by atoms with Crippen LogP contribution in [0.1, 0.15) is 19.4 Å². The van der Waals surface area contributed by atoms with Crippen LogP contribution in [0.3, 0.4) is 0 Å². The van der Waals surface area contributed by atoms with Crippen molar-refractivity contribution < 1.29 is 9.15 Å². The third-order valence-corrected chi connectivity index (χ3v) is 2.60. The highest BCUT2D eigenvalue weighted by Crippen LogP contribution is 2.36. The van der Waals surface area contributed by atoms with Crippen molar-refractivity contribution in [2.75, 3.05) is 0 Å². The minimum atomic E-state index is -0.423. The number of hydrogen-bond donors (Lipinski definition) is 1. The third-order valence-electron chi connectivity index (χ3n) is 2.60. The van der Waals surface area contributed by atoms with Crippen LogP contribution in [-0.2, 0) is 6.42 Å². The van der Waals surface area contributed by atoms with Gasteiger partial charge in [-0.25, -0.2) is 4.79 Å². The van der Waals surface area contributed by atoms with Crippen molar-refractivity contribution in [3.8, 4) is 5.75 Å². The lowest BCUT2D eigenvalue weighted by molar-refractivity contribution is 0.138. The second-order valence-electron chi connectivity index (χ2n) is 4.51. The molecule has 0 bridgehead atoms. The minimum Gasteiger partial charge on any atom is -0.487 e. The van der Waals surface area contributed by atoms with Crippen molar-refractivity contribution in [2.45, 2.75) is 25.9 Å². The Morgan fingerprint density at radius 1 is 1.40 bits per heavy atom. The summed E-state index contributed by atoms with van der Waals surface area (Å²) in [6.45, 7) is 4.08. The van der Waals surface area contributed by atoms with Crippen LogP contribution in [-0.4, -0.2) is 10.6 Å². The Bertz CT molecular complexity index is 543.